The van der Waals surface area contributed by atoms with E-state index >= 15 is 0 Å². The molecule has 5 heteroatoms. The number of nitrogens with zero attached hydrogens (tertiary/aromatic N) is 1. The molecule has 0 aromatic rings. The Labute approximate surface area is 121 Å². The lowest BCUT2D eigenvalue weighted by Gasteiger charge is -2.35. The number of likely N-dealkylation sites (tertiary alicyclic amines) is 1. The van der Waals surface area contributed by atoms with Crippen LogP contribution in [0.5, 0.6) is 0 Å². The van der Waals surface area contributed by atoms with Crippen molar-refractivity contribution in [2.45, 2.75) is 51.5 Å². The number of rotatable bonds is 3. The van der Waals surface area contributed by atoms with Crippen molar-refractivity contribution in [3.63, 3.8) is 0 Å². The van der Waals surface area contributed by atoms with Crippen molar-refractivity contribution in [1.82, 2.24) is 10.2 Å². The van der Waals surface area contributed by atoms with Gasteiger partial charge in [-0.3, -0.25) is 9.59 Å². The number of hydrogen-bond donors (Lipinski definition) is 2. The molecule has 5 nitrogen and oxygen atoms in total. The van der Waals surface area contributed by atoms with Gasteiger partial charge in [0.05, 0.1) is 5.92 Å². The molecule has 20 heavy (non-hydrogen) atoms. The Bertz CT molecular complexity index is 359. The fraction of sp³-hybridized carbons (Fsp3) is 0.867. The van der Waals surface area contributed by atoms with Crippen molar-refractivity contribution in [3.8, 4) is 0 Å². The summed E-state index contributed by atoms with van der Waals surface area (Å²) in [6, 6.07) is 0.231. The lowest BCUT2D eigenvalue weighted by atomic mass is 9.84. The summed E-state index contributed by atoms with van der Waals surface area (Å²) in [6.45, 7) is 3.58. The Kier molecular flexibility index (Phi) is 5.40. The normalized spacial score (nSPS) is 30.9. The summed E-state index contributed by atoms with van der Waals surface area (Å²) in [5, 5.41) is 3.19. The highest BCUT2D eigenvalue weighted by molar-refractivity contribution is 5.81. The smallest absolute Gasteiger partial charge is 0.225 e. The standard InChI is InChI=1S/C15H27N3O2/c1-11(19)18-8-4-6-13(10-18)15(20)17-14-7-3-2-5-12(14)9-16/h12-14H,2-10,16H2,1H3,(H,17,20). The van der Waals surface area contributed by atoms with Crippen molar-refractivity contribution in [1.29, 1.82) is 0 Å². The first-order valence-electron chi connectivity index (χ1n) is 7.87. The molecule has 0 radical (unpaired) electrons. The van der Waals surface area contributed by atoms with Crippen molar-refractivity contribution < 1.29 is 9.59 Å². The Balaban J connectivity index is 1.88. The predicted octanol–water partition coefficient (Wildman–Crippen LogP) is 0.879. The van der Waals surface area contributed by atoms with Gasteiger partial charge < -0.3 is 16.0 Å². The molecule has 1 aliphatic heterocycles. The molecule has 0 spiro atoms. The minimum Gasteiger partial charge on any atom is -0.353 e. The van der Waals surface area contributed by atoms with Crippen LogP contribution in [0.1, 0.15) is 45.4 Å². The van der Waals surface area contributed by atoms with E-state index in [0.717, 1.165) is 32.2 Å². The maximum absolute atomic E-state index is 12.4. The molecule has 2 aliphatic rings. The Hall–Kier alpha value is -1.10. The van der Waals surface area contributed by atoms with Gasteiger partial charge in [-0.25, -0.2) is 0 Å². The van der Waals surface area contributed by atoms with E-state index in [-0.39, 0.29) is 23.8 Å². The summed E-state index contributed by atoms with van der Waals surface area (Å²) in [5.74, 6) is 0.550. The second kappa shape index (κ2) is 7.07. The van der Waals surface area contributed by atoms with Gasteiger partial charge in [-0.1, -0.05) is 12.8 Å². The molecule has 0 bridgehead atoms. The second-order valence-electron chi connectivity index (χ2n) is 6.20. The number of hydrogen-bond acceptors (Lipinski definition) is 3. The van der Waals surface area contributed by atoms with Crippen LogP contribution >= 0.6 is 0 Å². The molecule has 114 valence electrons. The van der Waals surface area contributed by atoms with Crippen molar-refractivity contribution >= 4 is 11.8 Å². The average molecular weight is 281 g/mol. The third kappa shape index (κ3) is 3.72. The molecular formula is C15H27N3O2. The van der Waals surface area contributed by atoms with E-state index in [1.54, 1.807) is 11.8 Å². The summed E-state index contributed by atoms with van der Waals surface area (Å²) >= 11 is 0. The summed E-state index contributed by atoms with van der Waals surface area (Å²) < 4.78 is 0. The van der Waals surface area contributed by atoms with E-state index in [4.69, 9.17) is 5.73 Å². The summed E-state index contributed by atoms with van der Waals surface area (Å²) in [5.41, 5.74) is 5.81. The minimum absolute atomic E-state index is 0.0481. The lowest BCUT2D eigenvalue weighted by Crippen LogP contribution is -2.50. The third-order valence-electron chi connectivity index (χ3n) is 4.78. The van der Waals surface area contributed by atoms with Crippen molar-refractivity contribution in [2.24, 2.45) is 17.6 Å². The predicted molar refractivity (Wildman–Crippen MR) is 77.9 cm³/mol. The van der Waals surface area contributed by atoms with Gasteiger partial charge in [0.2, 0.25) is 11.8 Å². The highest BCUT2D eigenvalue weighted by atomic mass is 16.2. The number of nitrogens with two attached hydrogens (primary N) is 1. The molecule has 2 fully saturated rings. The Morgan fingerprint density at radius 2 is 1.95 bits per heavy atom. The molecule has 2 rings (SSSR count). The van der Waals surface area contributed by atoms with Gasteiger partial charge in [0.25, 0.3) is 0 Å². The number of carbonyl (C=O) groups is 2. The molecule has 3 N–H and O–H groups in total. The first-order valence-corrected chi connectivity index (χ1v) is 7.87. The summed E-state index contributed by atoms with van der Waals surface area (Å²) in [4.78, 5) is 25.6. The van der Waals surface area contributed by atoms with E-state index in [0.29, 0.717) is 19.0 Å². The van der Waals surface area contributed by atoms with Gasteiger partial charge in [0.15, 0.2) is 0 Å². The van der Waals surface area contributed by atoms with Crippen LogP contribution in [0.3, 0.4) is 0 Å². The molecule has 1 saturated carbocycles. The maximum atomic E-state index is 12.4. The number of carbonyl (C=O) groups excluding carboxylic acids is 2. The van der Waals surface area contributed by atoms with E-state index in [1.807, 2.05) is 0 Å². The molecular weight excluding hydrogens is 254 g/mol. The molecule has 3 atom stereocenters. The molecule has 0 aromatic heterocycles. The van der Waals surface area contributed by atoms with Crippen LogP contribution in [-0.4, -0.2) is 42.4 Å². The fourth-order valence-corrected chi connectivity index (χ4v) is 3.46. The van der Waals surface area contributed by atoms with E-state index in [1.165, 1.54) is 12.8 Å². The van der Waals surface area contributed by atoms with Gasteiger partial charge in [-0.2, -0.15) is 0 Å². The zero-order valence-corrected chi connectivity index (χ0v) is 12.4. The van der Waals surface area contributed by atoms with E-state index in [9.17, 15) is 9.59 Å². The average Bonchev–Trinajstić information content (AvgIpc) is 2.48. The van der Waals surface area contributed by atoms with Crippen LogP contribution in [0, 0.1) is 11.8 Å². The highest BCUT2D eigenvalue weighted by Gasteiger charge is 2.31. The van der Waals surface area contributed by atoms with Crippen LogP contribution in [0.25, 0.3) is 0 Å². The van der Waals surface area contributed by atoms with Crippen molar-refractivity contribution in [2.75, 3.05) is 19.6 Å². The monoisotopic (exact) mass is 281 g/mol. The first-order chi connectivity index (χ1) is 9.61. The van der Waals surface area contributed by atoms with Gasteiger partial charge in [-0.15, -0.1) is 0 Å². The molecule has 2 amide bonds. The minimum atomic E-state index is -0.0481. The summed E-state index contributed by atoms with van der Waals surface area (Å²) in [7, 11) is 0. The Morgan fingerprint density at radius 1 is 1.20 bits per heavy atom. The molecule has 1 saturated heterocycles. The molecule has 1 heterocycles. The van der Waals surface area contributed by atoms with Gasteiger partial charge in [-0.05, 0) is 38.1 Å². The topological polar surface area (TPSA) is 75.4 Å². The van der Waals surface area contributed by atoms with Crippen LogP contribution in [-0.2, 0) is 9.59 Å². The van der Waals surface area contributed by atoms with Crippen LogP contribution in [0.2, 0.25) is 0 Å². The van der Waals surface area contributed by atoms with Gasteiger partial charge >= 0.3 is 0 Å². The second-order valence-corrected chi connectivity index (χ2v) is 6.20. The zero-order valence-electron chi connectivity index (χ0n) is 12.4. The van der Waals surface area contributed by atoms with Gasteiger partial charge in [0, 0.05) is 26.1 Å². The Morgan fingerprint density at radius 3 is 2.65 bits per heavy atom. The van der Waals surface area contributed by atoms with E-state index in [2.05, 4.69) is 5.32 Å². The van der Waals surface area contributed by atoms with Crippen LogP contribution in [0.4, 0.5) is 0 Å². The van der Waals surface area contributed by atoms with Crippen molar-refractivity contribution in [3.05, 3.63) is 0 Å². The molecule has 0 aromatic carbocycles. The number of piperidine rings is 1. The highest BCUT2D eigenvalue weighted by Crippen LogP contribution is 2.24. The SMILES string of the molecule is CC(=O)N1CCCC(C(=O)NC2CCCCC2CN)C1. The summed E-state index contributed by atoms with van der Waals surface area (Å²) in [6.07, 6.45) is 6.35. The quantitative estimate of drug-likeness (QED) is 0.806. The number of amides is 2. The fourth-order valence-electron chi connectivity index (χ4n) is 3.46. The maximum Gasteiger partial charge on any atom is 0.225 e. The first kappa shape index (κ1) is 15.3. The third-order valence-corrected chi connectivity index (χ3v) is 4.78. The lowest BCUT2D eigenvalue weighted by molar-refractivity contribution is -0.134. The molecule has 3 unspecified atom stereocenters. The van der Waals surface area contributed by atoms with Crippen LogP contribution < -0.4 is 11.1 Å². The molecule has 1 aliphatic carbocycles. The number of nitrogens with one attached hydrogen (secondary N) is 1. The zero-order chi connectivity index (χ0) is 14.5. The largest absolute Gasteiger partial charge is 0.353 e. The van der Waals surface area contributed by atoms with E-state index < -0.39 is 0 Å². The van der Waals surface area contributed by atoms with Gasteiger partial charge in [0.1, 0.15) is 0 Å². The van der Waals surface area contributed by atoms with Crippen LogP contribution in [0.15, 0.2) is 0 Å².